The molecular formula is C14H22N4O. The summed E-state index contributed by atoms with van der Waals surface area (Å²) in [6, 6.07) is 1.27. The van der Waals surface area contributed by atoms with Gasteiger partial charge < -0.3 is 15.1 Å². The van der Waals surface area contributed by atoms with Gasteiger partial charge in [0, 0.05) is 12.6 Å². The van der Waals surface area contributed by atoms with Crippen molar-refractivity contribution in [3.8, 4) is 0 Å². The molecule has 5 heteroatoms. The second-order valence-corrected chi connectivity index (χ2v) is 6.47. The molecule has 3 saturated carbocycles. The van der Waals surface area contributed by atoms with Crippen molar-refractivity contribution in [1.82, 2.24) is 15.5 Å². The van der Waals surface area contributed by atoms with Crippen LogP contribution in [0.15, 0.2) is 4.42 Å². The number of fused-ring (bicyclic) bond motifs is 2. The van der Waals surface area contributed by atoms with E-state index in [2.05, 4.69) is 20.8 Å². The van der Waals surface area contributed by atoms with Crippen molar-refractivity contribution in [2.75, 3.05) is 11.9 Å². The molecular weight excluding hydrogens is 240 g/mol. The van der Waals surface area contributed by atoms with E-state index >= 15 is 0 Å². The van der Waals surface area contributed by atoms with E-state index in [9.17, 15) is 0 Å². The summed E-state index contributed by atoms with van der Waals surface area (Å²) in [5.74, 6) is 3.45. The van der Waals surface area contributed by atoms with E-state index in [0.717, 1.165) is 24.3 Å². The van der Waals surface area contributed by atoms with Crippen molar-refractivity contribution in [3.05, 3.63) is 5.89 Å². The first-order valence-electron chi connectivity index (χ1n) is 7.66. The Morgan fingerprint density at radius 2 is 2.05 bits per heavy atom. The molecule has 104 valence electrons. The molecule has 5 nitrogen and oxygen atoms in total. The summed E-state index contributed by atoms with van der Waals surface area (Å²) < 4.78 is 5.61. The molecule has 3 unspecified atom stereocenters. The van der Waals surface area contributed by atoms with E-state index in [1.54, 1.807) is 0 Å². The number of nitrogens with zero attached hydrogens (tertiary/aromatic N) is 2. The molecule has 4 rings (SSSR count). The largest absolute Gasteiger partial charge is 0.407 e. The van der Waals surface area contributed by atoms with Crippen molar-refractivity contribution in [1.29, 1.82) is 0 Å². The van der Waals surface area contributed by atoms with E-state index in [-0.39, 0.29) is 0 Å². The Kier molecular flexibility index (Phi) is 2.94. The lowest BCUT2D eigenvalue weighted by molar-refractivity contribution is 0.345. The molecule has 3 fully saturated rings. The zero-order valence-electron chi connectivity index (χ0n) is 11.3. The first-order valence-corrected chi connectivity index (χ1v) is 7.66. The van der Waals surface area contributed by atoms with Crippen LogP contribution in [0.2, 0.25) is 0 Å². The average molecular weight is 262 g/mol. The Labute approximate surface area is 113 Å². The molecule has 3 atom stereocenters. The van der Waals surface area contributed by atoms with Crippen LogP contribution in [0.3, 0.4) is 0 Å². The maximum atomic E-state index is 5.61. The quantitative estimate of drug-likeness (QED) is 0.822. The highest BCUT2D eigenvalue weighted by Crippen LogP contribution is 2.48. The Hall–Kier alpha value is -1.10. The molecule has 0 aromatic carbocycles. The third-order valence-corrected chi connectivity index (χ3v) is 4.99. The van der Waals surface area contributed by atoms with E-state index in [1.165, 1.54) is 38.5 Å². The van der Waals surface area contributed by atoms with Crippen molar-refractivity contribution in [2.24, 2.45) is 17.8 Å². The SMILES string of the molecule is C(NC1CC1)c1nnc(NCC2CC3CCC2C3)o1. The average Bonchev–Trinajstić information content (AvgIpc) is 2.86. The lowest BCUT2D eigenvalue weighted by Gasteiger charge is -2.21. The fourth-order valence-electron chi connectivity index (χ4n) is 3.76. The molecule has 1 aromatic heterocycles. The highest BCUT2D eigenvalue weighted by atomic mass is 16.4. The summed E-state index contributed by atoms with van der Waals surface area (Å²) in [5, 5.41) is 14.8. The minimum absolute atomic E-state index is 0.593. The molecule has 3 aliphatic carbocycles. The molecule has 0 aliphatic heterocycles. The Morgan fingerprint density at radius 1 is 1.11 bits per heavy atom. The fourth-order valence-corrected chi connectivity index (χ4v) is 3.76. The summed E-state index contributed by atoms with van der Waals surface area (Å²) in [4.78, 5) is 0. The number of hydrogen-bond acceptors (Lipinski definition) is 5. The fraction of sp³-hybridized carbons (Fsp3) is 0.857. The summed E-state index contributed by atoms with van der Waals surface area (Å²) in [6.07, 6.45) is 8.29. The van der Waals surface area contributed by atoms with E-state index in [4.69, 9.17) is 4.42 Å². The molecule has 2 bridgehead atoms. The lowest BCUT2D eigenvalue weighted by Crippen LogP contribution is -2.20. The van der Waals surface area contributed by atoms with Crippen LogP contribution in [0.5, 0.6) is 0 Å². The van der Waals surface area contributed by atoms with E-state index in [1.807, 2.05) is 0 Å². The molecule has 19 heavy (non-hydrogen) atoms. The third-order valence-electron chi connectivity index (χ3n) is 4.99. The van der Waals surface area contributed by atoms with Crippen molar-refractivity contribution < 1.29 is 4.42 Å². The molecule has 0 spiro atoms. The second-order valence-electron chi connectivity index (χ2n) is 6.47. The number of nitrogens with one attached hydrogen (secondary N) is 2. The highest BCUT2D eigenvalue weighted by molar-refractivity contribution is 5.17. The van der Waals surface area contributed by atoms with Gasteiger partial charge in [-0.3, -0.25) is 0 Å². The topological polar surface area (TPSA) is 63.0 Å². The van der Waals surface area contributed by atoms with Crippen LogP contribution in [0.4, 0.5) is 6.01 Å². The molecule has 0 amide bonds. The van der Waals surface area contributed by atoms with Gasteiger partial charge in [0.15, 0.2) is 0 Å². The van der Waals surface area contributed by atoms with Crippen LogP contribution >= 0.6 is 0 Å². The van der Waals surface area contributed by atoms with Crippen LogP contribution in [0.25, 0.3) is 0 Å². The van der Waals surface area contributed by atoms with Gasteiger partial charge in [0.25, 0.3) is 0 Å². The zero-order chi connectivity index (χ0) is 12.7. The number of aromatic nitrogens is 2. The van der Waals surface area contributed by atoms with Gasteiger partial charge in [-0.1, -0.05) is 11.5 Å². The lowest BCUT2D eigenvalue weighted by atomic mass is 9.89. The van der Waals surface area contributed by atoms with Crippen LogP contribution in [-0.2, 0) is 6.54 Å². The minimum atomic E-state index is 0.593. The molecule has 0 saturated heterocycles. The standard InChI is InChI=1S/C14H22N4O/c1-2-10-5-9(1)6-11(10)7-16-14-18-17-13(19-14)8-15-12-3-4-12/h9-12,15H,1-8H2,(H,16,18). The van der Waals surface area contributed by atoms with E-state index in [0.29, 0.717) is 24.5 Å². The van der Waals surface area contributed by atoms with Gasteiger partial charge in [-0.15, -0.1) is 5.10 Å². The molecule has 0 radical (unpaired) electrons. The summed E-state index contributed by atoms with van der Waals surface area (Å²) in [7, 11) is 0. The molecule has 1 heterocycles. The van der Waals surface area contributed by atoms with Crippen molar-refractivity contribution in [2.45, 2.75) is 51.1 Å². The normalized spacial score (nSPS) is 32.9. The van der Waals surface area contributed by atoms with Crippen molar-refractivity contribution >= 4 is 6.01 Å². The van der Waals surface area contributed by atoms with Gasteiger partial charge >= 0.3 is 6.01 Å². The van der Waals surface area contributed by atoms with Gasteiger partial charge in [-0.25, -0.2) is 0 Å². The first-order chi connectivity index (χ1) is 9.37. The maximum Gasteiger partial charge on any atom is 0.315 e. The Balaban J connectivity index is 1.25. The van der Waals surface area contributed by atoms with E-state index < -0.39 is 0 Å². The van der Waals surface area contributed by atoms with Gasteiger partial charge in [0.05, 0.1) is 6.54 Å². The van der Waals surface area contributed by atoms with Gasteiger partial charge in [0.1, 0.15) is 0 Å². The van der Waals surface area contributed by atoms with Crippen molar-refractivity contribution in [3.63, 3.8) is 0 Å². The predicted octanol–water partition coefficient (Wildman–Crippen LogP) is 2.17. The highest BCUT2D eigenvalue weighted by Gasteiger charge is 2.39. The van der Waals surface area contributed by atoms with Crippen LogP contribution < -0.4 is 10.6 Å². The van der Waals surface area contributed by atoms with Crippen LogP contribution in [-0.4, -0.2) is 22.8 Å². The van der Waals surface area contributed by atoms with Gasteiger partial charge in [0.2, 0.25) is 5.89 Å². The number of rotatable bonds is 6. The molecule has 3 aliphatic rings. The smallest absolute Gasteiger partial charge is 0.315 e. The Morgan fingerprint density at radius 3 is 2.79 bits per heavy atom. The van der Waals surface area contributed by atoms with Crippen LogP contribution in [0.1, 0.15) is 44.4 Å². The van der Waals surface area contributed by atoms with Crippen LogP contribution in [0, 0.1) is 17.8 Å². The summed E-state index contributed by atoms with van der Waals surface area (Å²) >= 11 is 0. The monoisotopic (exact) mass is 262 g/mol. The molecule has 2 N–H and O–H groups in total. The maximum absolute atomic E-state index is 5.61. The zero-order valence-corrected chi connectivity index (χ0v) is 11.3. The van der Waals surface area contributed by atoms with Gasteiger partial charge in [-0.05, 0) is 49.9 Å². The molecule has 1 aromatic rings. The third kappa shape index (κ3) is 2.61. The first kappa shape index (κ1) is 11.7. The predicted molar refractivity (Wildman–Crippen MR) is 71.6 cm³/mol. The number of anilines is 1. The van der Waals surface area contributed by atoms with Gasteiger partial charge in [-0.2, -0.15) is 0 Å². The second kappa shape index (κ2) is 4.78. The summed E-state index contributed by atoms with van der Waals surface area (Å²) in [6.45, 7) is 1.70. The Bertz CT molecular complexity index is 442. The number of hydrogen-bond donors (Lipinski definition) is 2. The summed E-state index contributed by atoms with van der Waals surface area (Å²) in [5.41, 5.74) is 0. The minimum Gasteiger partial charge on any atom is -0.407 e.